The summed E-state index contributed by atoms with van der Waals surface area (Å²) in [5, 5.41) is 0. The second-order valence-corrected chi connectivity index (χ2v) is 6.48. The molecule has 1 aromatic carbocycles. The molecule has 1 rings (SSSR count). The summed E-state index contributed by atoms with van der Waals surface area (Å²) in [5.41, 5.74) is 4.06. The molecule has 0 aliphatic heterocycles. The Kier molecular flexibility index (Phi) is 6.52. The maximum Gasteiger partial charge on any atom is 0.264 e. The summed E-state index contributed by atoms with van der Waals surface area (Å²) in [6.07, 6.45) is 5.97. The maximum absolute atomic E-state index is 10.9. The minimum absolute atomic E-state index is 0.263. The van der Waals surface area contributed by atoms with Crippen molar-refractivity contribution in [1.29, 1.82) is 0 Å². The molecular formula is C15H24O3S. The third-order valence-corrected chi connectivity index (χ3v) is 3.67. The Morgan fingerprint density at radius 2 is 1.84 bits per heavy atom. The van der Waals surface area contributed by atoms with Crippen LogP contribution in [-0.4, -0.2) is 21.3 Å². The molecule has 0 heterocycles. The number of rotatable bonds is 8. The lowest BCUT2D eigenvalue weighted by molar-refractivity contribution is 0.315. The van der Waals surface area contributed by atoms with Gasteiger partial charge in [-0.3, -0.25) is 4.18 Å². The molecule has 0 spiro atoms. The molecular weight excluding hydrogens is 260 g/mol. The van der Waals surface area contributed by atoms with Crippen molar-refractivity contribution in [3.8, 4) is 0 Å². The standard InChI is InChI=1S/C15H24O3S/c1-4-7-13-9-10-15(14(5-2)12-13)8-6-11-18-19(3,16)17/h9-10,12H,4-8,11H2,1-3H3. The summed E-state index contributed by atoms with van der Waals surface area (Å²) in [4.78, 5) is 0. The fraction of sp³-hybridized carbons (Fsp3) is 0.600. The smallest absolute Gasteiger partial charge is 0.264 e. The van der Waals surface area contributed by atoms with Crippen LogP contribution in [0.4, 0.5) is 0 Å². The third kappa shape index (κ3) is 6.21. The van der Waals surface area contributed by atoms with Crippen LogP contribution in [0.25, 0.3) is 0 Å². The first kappa shape index (κ1) is 16.2. The Labute approximate surface area is 117 Å². The van der Waals surface area contributed by atoms with Gasteiger partial charge in [0.25, 0.3) is 10.1 Å². The van der Waals surface area contributed by atoms with Crippen LogP contribution < -0.4 is 0 Å². The molecule has 0 bridgehead atoms. The molecule has 0 amide bonds. The zero-order valence-corrected chi connectivity index (χ0v) is 12.9. The Morgan fingerprint density at radius 3 is 2.42 bits per heavy atom. The summed E-state index contributed by atoms with van der Waals surface area (Å²) < 4.78 is 26.5. The molecule has 0 fully saturated rings. The zero-order valence-electron chi connectivity index (χ0n) is 12.1. The Hall–Kier alpha value is -0.870. The van der Waals surface area contributed by atoms with E-state index in [2.05, 4.69) is 32.0 Å². The second-order valence-electron chi connectivity index (χ2n) is 4.84. The summed E-state index contributed by atoms with van der Waals surface area (Å²) in [7, 11) is -3.31. The van der Waals surface area contributed by atoms with Crippen LogP contribution in [0.15, 0.2) is 18.2 Å². The molecule has 4 heteroatoms. The Balaban J connectivity index is 2.58. The SMILES string of the molecule is CCCc1ccc(CCCOS(C)(=O)=O)c(CC)c1. The van der Waals surface area contributed by atoms with E-state index in [0.717, 1.165) is 38.4 Å². The van der Waals surface area contributed by atoms with Crippen LogP contribution in [-0.2, 0) is 33.6 Å². The lowest BCUT2D eigenvalue weighted by atomic mass is 9.97. The van der Waals surface area contributed by atoms with Crippen molar-refractivity contribution in [2.45, 2.75) is 46.0 Å². The number of hydrogen-bond acceptors (Lipinski definition) is 3. The predicted molar refractivity (Wildman–Crippen MR) is 78.9 cm³/mol. The quantitative estimate of drug-likeness (QED) is 0.544. The van der Waals surface area contributed by atoms with Gasteiger partial charge < -0.3 is 0 Å². The van der Waals surface area contributed by atoms with E-state index in [-0.39, 0.29) is 6.61 Å². The molecule has 19 heavy (non-hydrogen) atoms. The van der Waals surface area contributed by atoms with Crippen molar-refractivity contribution in [2.75, 3.05) is 12.9 Å². The average molecular weight is 284 g/mol. The minimum Gasteiger partial charge on any atom is -0.270 e. The van der Waals surface area contributed by atoms with Crippen molar-refractivity contribution in [3.63, 3.8) is 0 Å². The first-order chi connectivity index (χ1) is 8.96. The fourth-order valence-electron chi connectivity index (χ4n) is 2.17. The summed E-state index contributed by atoms with van der Waals surface area (Å²) in [6, 6.07) is 6.62. The van der Waals surface area contributed by atoms with Gasteiger partial charge in [-0.2, -0.15) is 8.42 Å². The van der Waals surface area contributed by atoms with Crippen molar-refractivity contribution < 1.29 is 12.6 Å². The first-order valence-electron chi connectivity index (χ1n) is 6.91. The highest BCUT2D eigenvalue weighted by Gasteiger charge is 2.05. The lowest BCUT2D eigenvalue weighted by Gasteiger charge is -2.10. The highest BCUT2D eigenvalue weighted by molar-refractivity contribution is 7.85. The molecule has 108 valence electrons. The highest BCUT2D eigenvalue weighted by atomic mass is 32.2. The monoisotopic (exact) mass is 284 g/mol. The molecule has 0 atom stereocenters. The maximum atomic E-state index is 10.9. The van der Waals surface area contributed by atoms with Crippen LogP contribution in [0.2, 0.25) is 0 Å². The van der Waals surface area contributed by atoms with Gasteiger partial charge in [0.05, 0.1) is 12.9 Å². The number of hydrogen-bond donors (Lipinski definition) is 0. The molecule has 0 saturated carbocycles. The largest absolute Gasteiger partial charge is 0.270 e. The van der Waals surface area contributed by atoms with E-state index >= 15 is 0 Å². The van der Waals surface area contributed by atoms with Gasteiger partial charge in [-0.1, -0.05) is 38.5 Å². The summed E-state index contributed by atoms with van der Waals surface area (Å²) >= 11 is 0. The first-order valence-corrected chi connectivity index (χ1v) is 8.73. The third-order valence-electron chi connectivity index (χ3n) is 3.08. The molecule has 1 aromatic rings. The minimum atomic E-state index is -3.31. The molecule has 0 unspecified atom stereocenters. The van der Waals surface area contributed by atoms with Crippen LogP contribution in [0, 0.1) is 0 Å². The highest BCUT2D eigenvalue weighted by Crippen LogP contribution is 2.16. The van der Waals surface area contributed by atoms with Gasteiger partial charge in [-0.25, -0.2) is 0 Å². The van der Waals surface area contributed by atoms with Gasteiger partial charge >= 0.3 is 0 Å². The molecule has 0 radical (unpaired) electrons. The van der Waals surface area contributed by atoms with Crippen LogP contribution in [0.5, 0.6) is 0 Å². The van der Waals surface area contributed by atoms with Gasteiger partial charge in [0.1, 0.15) is 0 Å². The van der Waals surface area contributed by atoms with Crippen molar-refractivity contribution >= 4 is 10.1 Å². The van der Waals surface area contributed by atoms with Gasteiger partial charge in [0.2, 0.25) is 0 Å². The molecule has 0 aromatic heterocycles. The van der Waals surface area contributed by atoms with E-state index in [1.165, 1.54) is 16.7 Å². The molecule has 0 aliphatic rings. The van der Waals surface area contributed by atoms with E-state index in [1.54, 1.807) is 0 Å². The topological polar surface area (TPSA) is 43.4 Å². The van der Waals surface area contributed by atoms with E-state index in [9.17, 15) is 8.42 Å². The fourth-order valence-corrected chi connectivity index (χ4v) is 2.59. The predicted octanol–water partition coefficient (Wildman–Crippen LogP) is 3.11. The van der Waals surface area contributed by atoms with Crippen LogP contribution >= 0.6 is 0 Å². The number of aryl methyl sites for hydroxylation is 3. The van der Waals surface area contributed by atoms with Gasteiger partial charge in [0, 0.05) is 0 Å². The van der Waals surface area contributed by atoms with Crippen LogP contribution in [0.3, 0.4) is 0 Å². The summed E-state index contributed by atoms with van der Waals surface area (Å²) in [6.45, 7) is 4.60. The normalized spacial score (nSPS) is 11.7. The summed E-state index contributed by atoms with van der Waals surface area (Å²) in [5.74, 6) is 0. The van der Waals surface area contributed by atoms with Gasteiger partial charge in [-0.15, -0.1) is 0 Å². The van der Waals surface area contributed by atoms with Crippen molar-refractivity contribution in [2.24, 2.45) is 0 Å². The van der Waals surface area contributed by atoms with Crippen molar-refractivity contribution in [3.05, 3.63) is 34.9 Å². The van der Waals surface area contributed by atoms with Crippen LogP contribution in [0.1, 0.15) is 43.4 Å². The second kappa shape index (κ2) is 7.65. The molecule has 0 saturated heterocycles. The van der Waals surface area contributed by atoms with Gasteiger partial charge in [0.15, 0.2) is 0 Å². The lowest BCUT2D eigenvalue weighted by Crippen LogP contribution is -2.05. The number of benzene rings is 1. The zero-order chi connectivity index (χ0) is 14.3. The average Bonchev–Trinajstić information content (AvgIpc) is 2.35. The molecule has 0 aliphatic carbocycles. The van der Waals surface area contributed by atoms with Gasteiger partial charge in [-0.05, 0) is 42.4 Å². The van der Waals surface area contributed by atoms with Crippen molar-refractivity contribution in [1.82, 2.24) is 0 Å². The Morgan fingerprint density at radius 1 is 1.11 bits per heavy atom. The van der Waals surface area contributed by atoms with E-state index in [4.69, 9.17) is 4.18 Å². The Bertz CT molecular complexity index is 492. The van der Waals surface area contributed by atoms with E-state index in [1.807, 2.05) is 0 Å². The van der Waals surface area contributed by atoms with E-state index < -0.39 is 10.1 Å². The van der Waals surface area contributed by atoms with E-state index in [0.29, 0.717) is 0 Å². The molecule has 0 N–H and O–H groups in total. The molecule has 3 nitrogen and oxygen atoms in total.